The molecule has 0 aromatic heterocycles. The number of benzene rings is 2. The minimum absolute atomic E-state index is 0.0959. The average molecular weight is 255 g/mol. The lowest BCUT2D eigenvalue weighted by Gasteiger charge is -2.04. The first kappa shape index (κ1) is 12.8. The molecule has 19 heavy (non-hydrogen) atoms. The van der Waals surface area contributed by atoms with Gasteiger partial charge in [0.2, 0.25) is 0 Å². The van der Waals surface area contributed by atoms with Gasteiger partial charge in [0.05, 0.1) is 7.11 Å². The number of rotatable bonds is 4. The fourth-order valence-electron chi connectivity index (χ4n) is 1.72. The maximum Gasteiger partial charge on any atom is 0.126 e. The molecule has 0 aliphatic heterocycles. The third kappa shape index (κ3) is 2.98. The van der Waals surface area contributed by atoms with Gasteiger partial charge < -0.3 is 9.84 Å². The van der Waals surface area contributed by atoms with Crippen LogP contribution in [-0.2, 0) is 0 Å². The number of nitroso groups, excluding NO2 is 1. The summed E-state index contributed by atoms with van der Waals surface area (Å²) in [4.78, 5) is 10.5. The van der Waals surface area contributed by atoms with Gasteiger partial charge in [0.1, 0.15) is 17.2 Å². The van der Waals surface area contributed by atoms with Crippen LogP contribution in [0.4, 0.5) is 5.69 Å². The molecule has 2 aromatic rings. The lowest BCUT2D eigenvalue weighted by molar-refractivity contribution is 0.414. The molecule has 0 spiro atoms. The Bertz CT molecular complexity index is 621. The Morgan fingerprint density at radius 1 is 1.11 bits per heavy atom. The highest BCUT2D eigenvalue weighted by molar-refractivity contribution is 5.76. The Kier molecular flexibility index (Phi) is 3.93. The number of ether oxygens (including phenoxy) is 1. The third-order valence-electron chi connectivity index (χ3n) is 2.70. The van der Waals surface area contributed by atoms with E-state index < -0.39 is 0 Å². The highest BCUT2D eigenvalue weighted by Gasteiger charge is 2.01. The molecular formula is C15H13NO3. The molecule has 0 aliphatic carbocycles. The van der Waals surface area contributed by atoms with Crippen molar-refractivity contribution in [2.75, 3.05) is 7.11 Å². The molecule has 2 rings (SSSR count). The second-order valence-electron chi connectivity index (χ2n) is 3.91. The van der Waals surface area contributed by atoms with E-state index in [9.17, 15) is 10.0 Å². The van der Waals surface area contributed by atoms with E-state index in [0.29, 0.717) is 5.56 Å². The molecule has 0 bridgehead atoms. The molecule has 0 aliphatic rings. The normalized spacial score (nSPS) is 10.6. The van der Waals surface area contributed by atoms with Crippen molar-refractivity contribution >= 4 is 17.8 Å². The van der Waals surface area contributed by atoms with Gasteiger partial charge in [-0.2, -0.15) is 0 Å². The van der Waals surface area contributed by atoms with Gasteiger partial charge in [-0.15, -0.1) is 4.91 Å². The van der Waals surface area contributed by atoms with E-state index in [1.54, 1.807) is 13.2 Å². The van der Waals surface area contributed by atoms with Crippen LogP contribution in [-0.4, -0.2) is 12.2 Å². The molecule has 4 nitrogen and oxygen atoms in total. The van der Waals surface area contributed by atoms with Crippen LogP contribution in [0, 0.1) is 4.91 Å². The van der Waals surface area contributed by atoms with Crippen LogP contribution in [0.3, 0.4) is 0 Å². The van der Waals surface area contributed by atoms with Crippen molar-refractivity contribution in [2.45, 2.75) is 0 Å². The van der Waals surface area contributed by atoms with Crippen LogP contribution in [0.5, 0.6) is 11.5 Å². The van der Waals surface area contributed by atoms with Crippen LogP contribution in [0.1, 0.15) is 11.1 Å². The predicted molar refractivity (Wildman–Crippen MR) is 75.5 cm³/mol. The first-order valence-electron chi connectivity index (χ1n) is 5.72. The largest absolute Gasteiger partial charge is 0.507 e. The van der Waals surface area contributed by atoms with Crippen LogP contribution >= 0.6 is 0 Å². The number of para-hydroxylation sites is 1. The van der Waals surface area contributed by atoms with Gasteiger partial charge in [0.15, 0.2) is 0 Å². The minimum Gasteiger partial charge on any atom is -0.507 e. The molecule has 1 N–H and O–H groups in total. The predicted octanol–water partition coefficient (Wildman–Crippen LogP) is 3.97. The summed E-state index contributed by atoms with van der Waals surface area (Å²) in [5.74, 6) is 0.835. The molecule has 0 saturated carbocycles. The number of phenols is 1. The summed E-state index contributed by atoms with van der Waals surface area (Å²) in [6.07, 6.45) is 3.52. The van der Waals surface area contributed by atoms with E-state index in [0.717, 1.165) is 11.3 Å². The molecule has 96 valence electrons. The highest BCUT2D eigenvalue weighted by atomic mass is 16.5. The SMILES string of the molecule is COc1ccccc1/C=C/c1cc(N=O)ccc1O. The van der Waals surface area contributed by atoms with Crippen molar-refractivity contribution in [3.05, 3.63) is 58.5 Å². The van der Waals surface area contributed by atoms with E-state index in [-0.39, 0.29) is 11.4 Å². The summed E-state index contributed by atoms with van der Waals surface area (Å²) in [6.45, 7) is 0. The maximum absolute atomic E-state index is 10.5. The van der Waals surface area contributed by atoms with Gasteiger partial charge in [-0.3, -0.25) is 0 Å². The van der Waals surface area contributed by atoms with Gasteiger partial charge in [-0.25, -0.2) is 0 Å². The van der Waals surface area contributed by atoms with Gasteiger partial charge in [0, 0.05) is 11.1 Å². The Balaban J connectivity index is 2.34. The van der Waals surface area contributed by atoms with E-state index >= 15 is 0 Å². The summed E-state index contributed by atoms with van der Waals surface area (Å²) in [6, 6.07) is 11.9. The molecule has 0 saturated heterocycles. The van der Waals surface area contributed by atoms with Gasteiger partial charge in [0.25, 0.3) is 0 Å². The second kappa shape index (κ2) is 5.82. The van der Waals surface area contributed by atoms with E-state index in [1.807, 2.05) is 30.3 Å². The number of hydrogen-bond acceptors (Lipinski definition) is 4. The van der Waals surface area contributed by atoms with Crippen LogP contribution in [0.15, 0.2) is 47.6 Å². The summed E-state index contributed by atoms with van der Waals surface area (Å²) in [7, 11) is 1.60. The summed E-state index contributed by atoms with van der Waals surface area (Å²) in [5.41, 5.74) is 1.69. The number of aromatic hydroxyl groups is 1. The molecule has 0 radical (unpaired) electrons. The molecule has 0 fully saturated rings. The molecule has 0 unspecified atom stereocenters. The molecule has 0 atom stereocenters. The molecule has 0 heterocycles. The summed E-state index contributed by atoms with van der Waals surface area (Å²) >= 11 is 0. The lowest BCUT2D eigenvalue weighted by atomic mass is 10.1. The van der Waals surface area contributed by atoms with Gasteiger partial charge >= 0.3 is 0 Å². The monoisotopic (exact) mass is 255 g/mol. The molecule has 2 aromatic carbocycles. The highest BCUT2D eigenvalue weighted by Crippen LogP contribution is 2.26. The van der Waals surface area contributed by atoms with E-state index in [4.69, 9.17) is 4.74 Å². The van der Waals surface area contributed by atoms with Gasteiger partial charge in [-0.1, -0.05) is 30.4 Å². The molecule has 4 heteroatoms. The van der Waals surface area contributed by atoms with Crippen molar-refractivity contribution < 1.29 is 9.84 Å². The quantitative estimate of drug-likeness (QED) is 0.664. The van der Waals surface area contributed by atoms with Gasteiger partial charge in [-0.05, 0) is 29.4 Å². The molecular weight excluding hydrogens is 242 g/mol. The van der Waals surface area contributed by atoms with Crippen LogP contribution in [0.25, 0.3) is 12.2 Å². The van der Waals surface area contributed by atoms with Crippen molar-refractivity contribution in [3.8, 4) is 11.5 Å². The fraction of sp³-hybridized carbons (Fsp3) is 0.0667. The first-order chi connectivity index (χ1) is 9.24. The summed E-state index contributed by atoms with van der Waals surface area (Å²) in [5, 5.41) is 12.6. The zero-order valence-corrected chi connectivity index (χ0v) is 10.4. The standard InChI is InChI=1S/C15H13NO3/c1-19-15-5-3-2-4-11(15)6-7-12-10-13(16-18)8-9-14(12)17/h2-10,17H,1H3/b7-6+. The zero-order valence-electron chi connectivity index (χ0n) is 10.4. The lowest BCUT2D eigenvalue weighted by Crippen LogP contribution is -1.85. The maximum atomic E-state index is 10.5. The van der Waals surface area contributed by atoms with E-state index in [2.05, 4.69) is 5.18 Å². The molecule has 0 amide bonds. The summed E-state index contributed by atoms with van der Waals surface area (Å²) < 4.78 is 5.23. The van der Waals surface area contributed by atoms with Crippen molar-refractivity contribution in [3.63, 3.8) is 0 Å². The van der Waals surface area contributed by atoms with Crippen molar-refractivity contribution in [2.24, 2.45) is 5.18 Å². The average Bonchev–Trinajstić information content (AvgIpc) is 2.46. The van der Waals surface area contributed by atoms with Crippen LogP contribution < -0.4 is 4.74 Å². The number of hydrogen-bond donors (Lipinski definition) is 1. The zero-order chi connectivity index (χ0) is 13.7. The second-order valence-corrected chi connectivity index (χ2v) is 3.91. The Morgan fingerprint density at radius 3 is 2.58 bits per heavy atom. The topological polar surface area (TPSA) is 58.9 Å². The smallest absolute Gasteiger partial charge is 0.126 e. The van der Waals surface area contributed by atoms with Crippen molar-refractivity contribution in [1.82, 2.24) is 0 Å². The fourth-order valence-corrected chi connectivity index (χ4v) is 1.72. The first-order valence-corrected chi connectivity index (χ1v) is 5.72. The Hall–Kier alpha value is -2.62. The minimum atomic E-state index is 0.0959. The third-order valence-corrected chi connectivity index (χ3v) is 2.70. The number of nitrogens with zero attached hydrogens (tertiary/aromatic N) is 1. The van der Waals surface area contributed by atoms with E-state index in [1.165, 1.54) is 18.2 Å². The number of phenolic OH excluding ortho intramolecular Hbond substituents is 1. The Labute approximate surface area is 110 Å². The van der Waals surface area contributed by atoms with Crippen molar-refractivity contribution in [1.29, 1.82) is 0 Å². The number of methoxy groups -OCH3 is 1. The van der Waals surface area contributed by atoms with Crippen LogP contribution in [0.2, 0.25) is 0 Å². The Morgan fingerprint density at radius 2 is 1.84 bits per heavy atom.